The molecule has 1 heterocycles. The molecular formula is C22H29NO4. The Balaban J connectivity index is 1.74. The average Bonchev–Trinajstić information content (AvgIpc) is 2.68. The van der Waals surface area contributed by atoms with E-state index in [1.807, 2.05) is 12.1 Å². The number of nitrogens with one attached hydrogen (secondary N) is 1. The van der Waals surface area contributed by atoms with E-state index in [1.54, 1.807) is 12.1 Å². The van der Waals surface area contributed by atoms with Crippen LogP contribution in [0.1, 0.15) is 75.1 Å². The average molecular weight is 371 g/mol. The standard InChI is InChI=1S/C22H29NO4/c1-2-3-4-8-14-26-19-13-9-10-16-15-18(22(25)27-20(16)19)21(24)23-17-11-6-5-7-12-17/h9-10,13,15,17H,2-8,11-12,14H2,1H3,(H,23,24). The van der Waals surface area contributed by atoms with E-state index in [1.165, 1.54) is 19.3 Å². The highest BCUT2D eigenvalue weighted by atomic mass is 16.5. The molecule has 2 aromatic rings. The van der Waals surface area contributed by atoms with Crippen molar-refractivity contribution < 1.29 is 13.9 Å². The van der Waals surface area contributed by atoms with Gasteiger partial charge in [-0.25, -0.2) is 4.79 Å². The van der Waals surface area contributed by atoms with Crippen molar-refractivity contribution >= 4 is 16.9 Å². The molecule has 0 atom stereocenters. The van der Waals surface area contributed by atoms with Crippen LogP contribution in [0.3, 0.4) is 0 Å². The molecule has 0 radical (unpaired) electrons. The topological polar surface area (TPSA) is 68.5 Å². The van der Waals surface area contributed by atoms with Crippen molar-refractivity contribution in [1.82, 2.24) is 5.32 Å². The van der Waals surface area contributed by atoms with E-state index in [-0.39, 0.29) is 17.5 Å². The molecule has 1 aliphatic carbocycles. The molecule has 1 aromatic carbocycles. The Labute approximate surface area is 160 Å². The van der Waals surface area contributed by atoms with Gasteiger partial charge in [0.05, 0.1) is 6.61 Å². The molecule has 1 N–H and O–H groups in total. The normalized spacial score (nSPS) is 15.0. The van der Waals surface area contributed by atoms with Crippen LogP contribution in [0, 0.1) is 0 Å². The highest BCUT2D eigenvalue weighted by Crippen LogP contribution is 2.25. The van der Waals surface area contributed by atoms with Gasteiger partial charge in [-0.3, -0.25) is 4.79 Å². The van der Waals surface area contributed by atoms with Gasteiger partial charge in [0.25, 0.3) is 5.91 Å². The van der Waals surface area contributed by atoms with Crippen molar-refractivity contribution in [1.29, 1.82) is 0 Å². The highest BCUT2D eigenvalue weighted by molar-refractivity contribution is 5.97. The molecule has 1 fully saturated rings. The zero-order valence-electron chi connectivity index (χ0n) is 16.1. The Bertz CT molecular complexity index is 821. The number of carbonyl (C=O) groups excluding carboxylic acids is 1. The Morgan fingerprint density at radius 1 is 1.19 bits per heavy atom. The molecule has 27 heavy (non-hydrogen) atoms. The van der Waals surface area contributed by atoms with Gasteiger partial charge in [-0.2, -0.15) is 0 Å². The largest absolute Gasteiger partial charge is 0.490 e. The van der Waals surface area contributed by atoms with Crippen molar-refractivity contribution in [3.8, 4) is 5.75 Å². The van der Waals surface area contributed by atoms with E-state index in [4.69, 9.17) is 9.15 Å². The lowest BCUT2D eigenvalue weighted by atomic mass is 9.95. The summed E-state index contributed by atoms with van der Waals surface area (Å²) in [5, 5.41) is 3.68. The summed E-state index contributed by atoms with van der Waals surface area (Å²) < 4.78 is 11.3. The second kappa shape index (κ2) is 9.58. The highest BCUT2D eigenvalue weighted by Gasteiger charge is 2.20. The van der Waals surface area contributed by atoms with Gasteiger partial charge in [0, 0.05) is 11.4 Å². The molecule has 0 saturated heterocycles. The first kappa shape index (κ1) is 19.5. The molecule has 1 amide bonds. The molecule has 0 aliphatic heterocycles. The molecule has 1 saturated carbocycles. The van der Waals surface area contributed by atoms with Crippen LogP contribution in [-0.4, -0.2) is 18.6 Å². The first-order valence-electron chi connectivity index (χ1n) is 10.2. The van der Waals surface area contributed by atoms with Gasteiger partial charge in [-0.1, -0.05) is 57.6 Å². The summed E-state index contributed by atoms with van der Waals surface area (Å²) in [6.45, 7) is 2.76. The maximum atomic E-state index is 12.5. The van der Waals surface area contributed by atoms with Gasteiger partial charge in [-0.15, -0.1) is 0 Å². The number of ether oxygens (including phenoxy) is 1. The van der Waals surface area contributed by atoms with E-state index < -0.39 is 5.63 Å². The van der Waals surface area contributed by atoms with Crippen LogP contribution in [0.15, 0.2) is 33.5 Å². The van der Waals surface area contributed by atoms with Crippen molar-refractivity contribution in [2.45, 2.75) is 70.8 Å². The summed E-state index contributed by atoms with van der Waals surface area (Å²) in [4.78, 5) is 24.9. The minimum absolute atomic E-state index is 0.0631. The van der Waals surface area contributed by atoms with E-state index in [0.29, 0.717) is 23.3 Å². The molecule has 5 heteroatoms. The number of carbonyl (C=O) groups is 1. The predicted octanol–water partition coefficient (Wildman–Crippen LogP) is 4.81. The molecule has 0 bridgehead atoms. The summed E-state index contributed by atoms with van der Waals surface area (Å²) in [5.74, 6) is 0.212. The minimum atomic E-state index is -0.613. The second-order valence-corrected chi connectivity index (χ2v) is 7.34. The number of hydrogen-bond acceptors (Lipinski definition) is 4. The van der Waals surface area contributed by atoms with Gasteiger partial charge < -0.3 is 14.5 Å². The molecule has 3 rings (SSSR count). The number of hydrogen-bond donors (Lipinski definition) is 1. The van der Waals surface area contributed by atoms with Gasteiger partial charge in [-0.05, 0) is 31.4 Å². The number of benzene rings is 1. The van der Waals surface area contributed by atoms with E-state index in [2.05, 4.69) is 12.2 Å². The predicted molar refractivity (Wildman–Crippen MR) is 106 cm³/mol. The fourth-order valence-electron chi connectivity index (χ4n) is 3.61. The van der Waals surface area contributed by atoms with Crippen molar-refractivity contribution in [2.24, 2.45) is 0 Å². The maximum Gasteiger partial charge on any atom is 0.349 e. The van der Waals surface area contributed by atoms with Crippen LogP contribution in [0.5, 0.6) is 5.75 Å². The Kier molecular flexibility index (Phi) is 6.91. The van der Waals surface area contributed by atoms with Crippen LogP contribution in [-0.2, 0) is 0 Å². The monoisotopic (exact) mass is 371 g/mol. The molecule has 5 nitrogen and oxygen atoms in total. The fourth-order valence-corrected chi connectivity index (χ4v) is 3.61. The third-order valence-electron chi connectivity index (χ3n) is 5.16. The van der Waals surface area contributed by atoms with Crippen molar-refractivity contribution in [3.05, 3.63) is 40.2 Å². The molecule has 1 aliphatic rings. The van der Waals surface area contributed by atoms with Crippen molar-refractivity contribution in [3.63, 3.8) is 0 Å². The van der Waals surface area contributed by atoms with Gasteiger partial charge >= 0.3 is 5.63 Å². The van der Waals surface area contributed by atoms with Crippen LogP contribution in [0.2, 0.25) is 0 Å². The molecule has 1 aromatic heterocycles. The summed E-state index contributed by atoms with van der Waals surface area (Å²) in [7, 11) is 0. The SMILES string of the molecule is CCCCCCOc1cccc2cc(C(=O)NC3CCCCC3)c(=O)oc12. The lowest BCUT2D eigenvalue weighted by Gasteiger charge is -2.22. The minimum Gasteiger partial charge on any atom is -0.490 e. The Morgan fingerprint density at radius 2 is 2.00 bits per heavy atom. The zero-order valence-corrected chi connectivity index (χ0v) is 16.1. The van der Waals surface area contributed by atoms with Crippen molar-refractivity contribution in [2.75, 3.05) is 6.61 Å². The number of fused-ring (bicyclic) bond motifs is 1. The summed E-state index contributed by atoms with van der Waals surface area (Å²) >= 11 is 0. The lowest BCUT2D eigenvalue weighted by Crippen LogP contribution is -2.38. The van der Waals surface area contributed by atoms with Crippen LogP contribution in [0.4, 0.5) is 0 Å². The summed E-state index contributed by atoms with van der Waals surface area (Å²) in [6.07, 6.45) is 9.86. The van der Waals surface area contributed by atoms with E-state index in [9.17, 15) is 9.59 Å². The Hall–Kier alpha value is -2.30. The fraction of sp³-hybridized carbons (Fsp3) is 0.545. The quantitative estimate of drug-likeness (QED) is 0.534. The number of unbranched alkanes of at least 4 members (excludes halogenated alkanes) is 3. The number of amides is 1. The second-order valence-electron chi connectivity index (χ2n) is 7.34. The lowest BCUT2D eigenvalue weighted by molar-refractivity contribution is 0.0924. The number of para-hydroxylation sites is 1. The summed E-state index contributed by atoms with van der Waals surface area (Å²) in [6, 6.07) is 7.25. The molecule has 0 unspecified atom stereocenters. The third-order valence-corrected chi connectivity index (χ3v) is 5.16. The molecule has 146 valence electrons. The number of rotatable bonds is 8. The van der Waals surface area contributed by atoms with Crippen LogP contribution >= 0.6 is 0 Å². The zero-order chi connectivity index (χ0) is 19.1. The third kappa shape index (κ3) is 5.12. The summed E-state index contributed by atoms with van der Waals surface area (Å²) in [5.41, 5.74) is -0.141. The molecule has 0 spiro atoms. The Morgan fingerprint density at radius 3 is 2.78 bits per heavy atom. The van der Waals surface area contributed by atoms with Crippen LogP contribution in [0.25, 0.3) is 11.0 Å². The van der Waals surface area contributed by atoms with Gasteiger partial charge in [0.1, 0.15) is 5.56 Å². The van der Waals surface area contributed by atoms with E-state index >= 15 is 0 Å². The molecular weight excluding hydrogens is 342 g/mol. The van der Waals surface area contributed by atoms with E-state index in [0.717, 1.165) is 38.5 Å². The maximum absolute atomic E-state index is 12.5. The first-order chi connectivity index (χ1) is 13.2. The van der Waals surface area contributed by atoms with Gasteiger partial charge in [0.15, 0.2) is 11.3 Å². The first-order valence-corrected chi connectivity index (χ1v) is 10.2. The smallest absolute Gasteiger partial charge is 0.349 e. The van der Waals surface area contributed by atoms with Crippen LogP contribution < -0.4 is 15.7 Å². The van der Waals surface area contributed by atoms with Gasteiger partial charge in [0.2, 0.25) is 0 Å².